The number of fused-ring (bicyclic) bond motifs is 1. The molecule has 0 spiro atoms. The highest BCUT2D eigenvalue weighted by Crippen LogP contribution is 2.26. The molecule has 1 atom stereocenters. The first-order valence-corrected chi connectivity index (χ1v) is 6.63. The summed E-state index contributed by atoms with van der Waals surface area (Å²) in [4.78, 5) is 0. The van der Waals surface area contributed by atoms with Crippen LogP contribution in [0.25, 0.3) is 10.8 Å². The van der Waals surface area contributed by atoms with E-state index in [0.717, 1.165) is 23.0 Å². The van der Waals surface area contributed by atoms with Crippen LogP contribution in [0.15, 0.2) is 24.3 Å². The van der Waals surface area contributed by atoms with Crippen LogP contribution in [0, 0.1) is 5.92 Å². The Kier molecular flexibility index (Phi) is 4.02. The van der Waals surface area contributed by atoms with Crippen LogP contribution < -0.4 is 5.32 Å². The van der Waals surface area contributed by atoms with Crippen molar-refractivity contribution < 1.29 is 0 Å². The van der Waals surface area contributed by atoms with E-state index >= 15 is 0 Å². The molecule has 0 aliphatic rings. The quantitative estimate of drug-likeness (QED) is 0.901. The second-order valence-electron chi connectivity index (χ2n) is 5.06. The van der Waals surface area contributed by atoms with Crippen molar-refractivity contribution in [3.05, 3.63) is 29.4 Å². The maximum absolute atomic E-state index is 6.05. The van der Waals surface area contributed by atoms with Gasteiger partial charge in [0.25, 0.3) is 0 Å². The van der Waals surface area contributed by atoms with Crippen LogP contribution in [0.1, 0.15) is 27.2 Å². The van der Waals surface area contributed by atoms with Gasteiger partial charge in [-0.3, -0.25) is 0 Å². The molecule has 3 nitrogen and oxygen atoms in total. The van der Waals surface area contributed by atoms with Gasteiger partial charge < -0.3 is 5.32 Å². The van der Waals surface area contributed by atoms with Gasteiger partial charge in [0.1, 0.15) is 0 Å². The Morgan fingerprint density at radius 1 is 1.11 bits per heavy atom. The van der Waals surface area contributed by atoms with Crippen LogP contribution in [0.4, 0.5) is 5.82 Å². The molecule has 1 aromatic heterocycles. The van der Waals surface area contributed by atoms with Crippen molar-refractivity contribution in [3.8, 4) is 0 Å². The highest BCUT2D eigenvalue weighted by Gasteiger charge is 2.10. The van der Waals surface area contributed by atoms with E-state index in [-0.39, 0.29) is 0 Å². The van der Waals surface area contributed by atoms with Crippen LogP contribution in [0.2, 0.25) is 5.15 Å². The standard InChI is InChI=1S/C14H18ClN3/c1-9(2)8-10(3)16-14-12-7-5-4-6-11(12)13(15)17-18-14/h4-7,9-10H,8H2,1-3H3,(H,16,18). The third-order valence-corrected chi connectivity index (χ3v) is 3.13. The van der Waals surface area contributed by atoms with Crippen molar-refractivity contribution >= 4 is 28.2 Å². The summed E-state index contributed by atoms with van der Waals surface area (Å²) in [6, 6.07) is 8.28. The minimum Gasteiger partial charge on any atom is -0.366 e. The van der Waals surface area contributed by atoms with E-state index < -0.39 is 0 Å². The minimum atomic E-state index is 0.365. The lowest BCUT2D eigenvalue weighted by Crippen LogP contribution is -2.18. The summed E-state index contributed by atoms with van der Waals surface area (Å²) < 4.78 is 0. The number of anilines is 1. The molecule has 0 fully saturated rings. The molecule has 0 amide bonds. The fourth-order valence-corrected chi connectivity index (χ4v) is 2.38. The lowest BCUT2D eigenvalue weighted by molar-refractivity contribution is 0.538. The van der Waals surface area contributed by atoms with Crippen LogP contribution >= 0.6 is 11.6 Å². The van der Waals surface area contributed by atoms with E-state index in [2.05, 4.69) is 36.3 Å². The molecule has 0 aliphatic heterocycles. The van der Waals surface area contributed by atoms with Gasteiger partial charge in [-0.25, -0.2) is 0 Å². The number of hydrogen-bond acceptors (Lipinski definition) is 3. The lowest BCUT2D eigenvalue weighted by Gasteiger charge is -2.17. The van der Waals surface area contributed by atoms with Gasteiger partial charge in [0, 0.05) is 16.8 Å². The van der Waals surface area contributed by atoms with E-state index in [1.54, 1.807) is 0 Å². The van der Waals surface area contributed by atoms with Gasteiger partial charge in [-0.1, -0.05) is 49.7 Å². The summed E-state index contributed by atoms with van der Waals surface area (Å²) in [6.07, 6.45) is 1.10. The van der Waals surface area contributed by atoms with Crippen molar-refractivity contribution in [1.82, 2.24) is 10.2 Å². The zero-order chi connectivity index (χ0) is 13.1. The molecule has 0 bridgehead atoms. The summed E-state index contributed by atoms with van der Waals surface area (Å²) in [5.74, 6) is 1.46. The number of aromatic nitrogens is 2. The molecule has 1 unspecified atom stereocenters. The lowest BCUT2D eigenvalue weighted by atomic mass is 10.1. The SMILES string of the molecule is CC(C)CC(C)Nc1nnc(Cl)c2ccccc12. The van der Waals surface area contributed by atoms with Gasteiger partial charge in [-0.2, -0.15) is 0 Å². The van der Waals surface area contributed by atoms with E-state index in [9.17, 15) is 0 Å². The first-order chi connectivity index (χ1) is 8.58. The zero-order valence-electron chi connectivity index (χ0n) is 10.9. The topological polar surface area (TPSA) is 37.8 Å². The highest BCUT2D eigenvalue weighted by atomic mass is 35.5. The van der Waals surface area contributed by atoms with Gasteiger partial charge in [0.05, 0.1) is 0 Å². The average Bonchev–Trinajstić information content (AvgIpc) is 2.32. The molecule has 1 N–H and O–H groups in total. The summed E-state index contributed by atoms with van der Waals surface area (Å²) in [6.45, 7) is 6.58. The predicted octanol–water partition coefficient (Wildman–Crippen LogP) is 4.13. The second kappa shape index (κ2) is 5.53. The average molecular weight is 264 g/mol. The number of nitrogens with zero attached hydrogens (tertiary/aromatic N) is 2. The molecule has 2 rings (SSSR count). The summed E-state index contributed by atoms with van der Waals surface area (Å²) in [5, 5.41) is 14.0. The fraction of sp³-hybridized carbons (Fsp3) is 0.429. The van der Waals surface area contributed by atoms with Crippen LogP contribution in [0.5, 0.6) is 0 Å². The van der Waals surface area contributed by atoms with Crippen LogP contribution in [0.3, 0.4) is 0 Å². The number of hydrogen-bond donors (Lipinski definition) is 1. The Labute approximate surface area is 113 Å². The normalized spacial score (nSPS) is 12.9. The van der Waals surface area contributed by atoms with Crippen LogP contribution in [-0.2, 0) is 0 Å². The first kappa shape index (κ1) is 13.1. The monoisotopic (exact) mass is 263 g/mol. The van der Waals surface area contributed by atoms with Gasteiger partial charge in [0.15, 0.2) is 11.0 Å². The number of rotatable bonds is 4. The molecule has 1 heterocycles. The molecule has 0 aliphatic carbocycles. The Morgan fingerprint density at radius 3 is 2.44 bits per heavy atom. The Morgan fingerprint density at radius 2 is 1.78 bits per heavy atom. The largest absolute Gasteiger partial charge is 0.366 e. The van der Waals surface area contributed by atoms with Crippen molar-refractivity contribution in [1.29, 1.82) is 0 Å². The molecule has 18 heavy (non-hydrogen) atoms. The van der Waals surface area contributed by atoms with Gasteiger partial charge in [-0.15, -0.1) is 10.2 Å². The van der Waals surface area contributed by atoms with E-state index in [1.165, 1.54) is 0 Å². The molecular formula is C14H18ClN3. The zero-order valence-corrected chi connectivity index (χ0v) is 11.7. The number of benzene rings is 1. The molecule has 96 valence electrons. The van der Waals surface area contributed by atoms with Gasteiger partial charge in [-0.05, 0) is 19.3 Å². The fourth-order valence-electron chi connectivity index (χ4n) is 2.18. The molecule has 2 aromatic rings. The third-order valence-electron chi connectivity index (χ3n) is 2.85. The van der Waals surface area contributed by atoms with E-state index in [4.69, 9.17) is 11.6 Å². The molecule has 0 radical (unpaired) electrons. The van der Waals surface area contributed by atoms with E-state index in [0.29, 0.717) is 17.1 Å². The Bertz CT molecular complexity index is 540. The smallest absolute Gasteiger partial charge is 0.159 e. The summed E-state index contributed by atoms with van der Waals surface area (Å²) in [7, 11) is 0. The Balaban J connectivity index is 2.31. The van der Waals surface area contributed by atoms with Crippen molar-refractivity contribution in [2.24, 2.45) is 5.92 Å². The second-order valence-corrected chi connectivity index (χ2v) is 5.42. The summed E-state index contributed by atoms with van der Waals surface area (Å²) in [5.41, 5.74) is 0. The summed E-state index contributed by atoms with van der Waals surface area (Å²) >= 11 is 6.05. The van der Waals surface area contributed by atoms with Crippen molar-refractivity contribution in [2.45, 2.75) is 33.2 Å². The maximum Gasteiger partial charge on any atom is 0.159 e. The maximum atomic E-state index is 6.05. The third kappa shape index (κ3) is 2.91. The molecular weight excluding hydrogens is 246 g/mol. The molecule has 0 saturated carbocycles. The van der Waals surface area contributed by atoms with Crippen molar-refractivity contribution in [2.75, 3.05) is 5.32 Å². The number of nitrogens with one attached hydrogen (secondary N) is 1. The molecule has 1 aromatic carbocycles. The van der Waals surface area contributed by atoms with Gasteiger partial charge in [0.2, 0.25) is 0 Å². The first-order valence-electron chi connectivity index (χ1n) is 6.25. The highest BCUT2D eigenvalue weighted by molar-refractivity contribution is 6.34. The predicted molar refractivity (Wildman–Crippen MR) is 77.1 cm³/mol. The minimum absolute atomic E-state index is 0.365. The number of halogens is 1. The molecule has 0 saturated heterocycles. The van der Waals surface area contributed by atoms with E-state index in [1.807, 2.05) is 24.3 Å². The van der Waals surface area contributed by atoms with Crippen molar-refractivity contribution in [3.63, 3.8) is 0 Å². The van der Waals surface area contributed by atoms with Gasteiger partial charge >= 0.3 is 0 Å². The van der Waals surface area contributed by atoms with Crippen LogP contribution in [-0.4, -0.2) is 16.2 Å². The Hall–Kier alpha value is -1.35. The molecule has 4 heteroatoms.